The molecule has 0 saturated heterocycles. The SMILES string of the molecule is CC(C)CN(CCCC(C)(C)CN)C1CCCC1. The van der Waals surface area contributed by atoms with Gasteiger partial charge in [-0.1, -0.05) is 40.5 Å². The van der Waals surface area contributed by atoms with Gasteiger partial charge in [0.1, 0.15) is 0 Å². The van der Waals surface area contributed by atoms with E-state index in [4.69, 9.17) is 5.73 Å². The fourth-order valence-electron chi connectivity index (χ4n) is 3.02. The molecular formula is C16H34N2. The molecule has 1 aliphatic carbocycles. The first-order valence-electron chi connectivity index (χ1n) is 7.89. The van der Waals surface area contributed by atoms with Gasteiger partial charge in [0.2, 0.25) is 0 Å². The maximum atomic E-state index is 5.81. The van der Waals surface area contributed by atoms with Crippen molar-refractivity contribution in [1.82, 2.24) is 4.90 Å². The highest BCUT2D eigenvalue weighted by molar-refractivity contribution is 4.79. The van der Waals surface area contributed by atoms with E-state index < -0.39 is 0 Å². The van der Waals surface area contributed by atoms with E-state index in [2.05, 4.69) is 32.6 Å². The van der Waals surface area contributed by atoms with E-state index in [0.717, 1.165) is 18.5 Å². The normalized spacial score (nSPS) is 18.2. The molecule has 0 aliphatic heterocycles. The van der Waals surface area contributed by atoms with Crippen LogP contribution in [0.3, 0.4) is 0 Å². The predicted octanol–water partition coefficient (Wildman–Crippen LogP) is 3.65. The smallest absolute Gasteiger partial charge is 0.00953 e. The Labute approximate surface area is 114 Å². The Kier molecular flexibility index (Phi) is 6.65. The summed E-state index contributed by atoms with van der Waals surface area (Å²) in [7, 11) is 0. The first-order valence-corrected chi connectivity index (χ1v) is 7.89. The highest BCUT2D eigenvalue weighted by Gasteiger charge is 2.23. The lowest BCUT2D eigenvalue weighted by Gasteiger charge is -2.32. The number of hydrogen-bond acceptors (Lipinski definition) is 2. The van der Waals surface area contributed by atoms with Gasteiger partial charge in [-0.2, -0.15) is 0 Å². The minimum Gasteiger partial charge on any atom is -0.330 e. The average molecular weight is 254 g/mol. The van der Waals surface area contributed by atoms with Crippen LogP contribution in [0.4, 0.5) is 0 Å². The van der Waals surface area contributed by atoms with Crippen molar-refractivity contribution in [2.75, 3.05) is 19.6 Å². The van der Waals surface area contributed by atoms with Crippen molar-refractivity contribution >= 4 is 0 Å². The fraction of sp³-hybridized carbons (Fsp3) is 1.00. The van der Waals surface area contributed by atoms with Gasteiger partial charge in [-0.3, -0.25) is 0 Å². The Morgan fingerprint density at radius 2 is 1.83 bits per heavy atom. The summed E-state index contributed by atoms with van der Waals surface area (Å²) in [5.41, 5.74) is 6.13. The molecule has 0 radical (unpaired) electrons. The summed E-state index contributed by atoms with van der Waals surface area (Å²) in [5, 5.41) is 0. The van der Waals surface area contributed by atoms with Crippen LogP contribution in [-0.4, -0.2) is 30.6 Å². The van der Waals surface area contributed by atoms with Crippen LogP contribution in [0.1, 0.15) is 66.2 Å². The molecule has 0 bridgehead atoms. The van der Waals surface area contributed by atoms with Crippen molar-refractivity contribution in [3.8, 4) is 0 Å². The highest BCUT2D eigenvalue weighted by atomic mass is 15.2. The highest BCUT2D eigenvalue weighted by Crippen LogP contribution is 2.26. The fourth-order valence-corrected chi connectivity index (χ4v) is 3.02. The van der Waals surface area contributed by atoms with E-state index in [-0.39, 0.29) is 0 Å². The molecule has 0 heterocycles. The van der Waals surface area contributed by atoms with E-state index in [1.807, 2.05) is 0 Å². The lowest BCUT2D eigenvalue weighted by atomic mass is 9.88. The van der Waals surface area contributed by atoms with E-state index in [1.165, 1.54) is 51.6 Å². The van der Waals surface area contributed by atoms with Gasteiger partial charge in [0.15, 0.2) is 0 Å². The van der Waals surface area contributed by atoms with Crippen LogP contribution in [-0.2, 0) is 0 Å². The quantitative estimate of drug-likeness (QED) is 0.716. The van der Waals surface area contributed by atoms with Crippen LogP contribution >= 0.6 is 0 Å². The Bertz CT molecular complexity index is 217. The van der Waals surface area contributed by atoms with Crippen LogP contribution < -0.4 is 5.73 Å². The molecule has 2 nitrogen and oxygen atoms in total. The lowest BCUT2D eigenvalue weighted by molar-refractivity contribution is 0.165. The Hall–Kier alpha value is -0.0800. The summed E-state index contributed by atoms with van der Waals surface area (Å²) >= 11 is 0. The van der Waals surface area contributed by atoms with Gasteiger partial charge >= 0.3 is 0 Å². The van der Waals surface area contributed by atoms with Gasteiger partial charge in [-0.05, 0) is 50.1 Å². The molecule has 1 fully saturated rings. The third-order valence-electron chi connectivity index (χ3n) is 4.29. The number of nitrogens with two attached hydrogens (primary N) is 1. The van der Waals surface area contributed by atoms with Gasteiger partial charge in [-0.25, -0.2) is 0 Å². The summed E-state index contributed by atoms with van der Waals surface area (Å²) in [4.78, 5) is 2.75. The summed E-state index contributed by atoms with van der Waals surface area (Å²) in [6, 6.07) is 0.869. The van der Waals surface area contributed by atoms with Crippen molar-refractivity contribution in [3.05, 3.63) is 0 Å². The minimum absolute atomic E-state index is 0.319. The molecule has 0 unspecified atom stereocenters. The number of nitrogens with zero attached hydrogens (tertiary/aromatic N) is 1. The molecule has 2 heteroatoms. The molecule has 0 aromatic heterocycles. The van der Waals surface area contributed by atoms with Gasteiger partial charge in [-0.15, -0.1) is 0 Å². The van der Waals surface area contributed by atoms with Gasteiger partial charge in [0.25, 0.3) is 0 Å². The molecular weight excluding hydrogens is 220 g/mol. The third kappa shape index (κ3) is 5.71. The molecule has 0 aromatic rings. The Balaban J connectivity index is 2.36. The van der Waals surface area contributed by atoms with Gasteiger partial charge < -0.3 is 10.6 Å². The van der Waals surface area contributed by atoms with Gasteiger partial charge in [0.05, 0.1) is 0 Å². The minimum atomic E-state index is 0.319. The van der Waals surface area contributed by atoms with Crippen molar-refractivity contribution in [3.63, 3.8) is 0 Å². The molecule has 0 amide bonds. The molecule has 2 N–H and O–H groups in total. The second-order valence-electron chi connectivity index (χ2n) is 7.30. The van der Waals surface area contributed by atoms with E-state index in [9.17, 15) is 0 Å². The largest absolute Gasteiger partial charge is 0.330 e. The van der Waals surface area contributed by atoms with E-state index in [1.54, 1.807) is 0 Å². The molecule has 1 aliphatic rings. The van der Waals surface area contributed by atoms with Crippen molar-refractivity contribution in [2.24, 2.45) is 17.1 Å². The summed E-state index contributed by atoms with van der Waals surface area (Å²) in [6.45, 7) is 12.6. The second-order valence-corrected chi connectivity index (χ2v) is 7.30. The lowest BCUT2D eigenvalue weighted by Crippen LogP contribution is -2.37. The molecule has 1 rings (SSSR count). The maximum absolute atomic E-state index is 5.81. The first kappa shape index (κ1) is 16.0. The zero-order chi connectivity index (χ0) is 13.6. The van der Waals surface area contributed by atoms with Crippen LogP contribution in [0.2, 0.25) is 0 Å². The predicted molar refractivity (Wildman–Crippen MR) is 80.7 cm³/mol. The van der Waals surface area contributed by atoms with Crippen LogP contribution in [0.25, 0.3) is 0 Å². The average Bonchev–Trinajstić information content (AvgIpc) is 2.80. The van der Waals surface area contributed by atoms with E-state index in [0.29, 0.717) is 5.41 Å². The van der Waals surface area contributed by atoms with Crippen LogP contribution in [0.5, 0.6) is 0 Å². The van der Waals surface area contributed by atoms with Crippen molar-refractivity contribution in [2.45, 2.75) is 72.3 Å². The van der Waals surface area contributed by atoms with Crippen LogP contribution in [0, 0.1) is 11.3 Å². The second kappa shape index (κ2) is 7.49. The summed E-state index contributed by atoms with van der Waals surface area (Å²) in [5.74, 6) is 0.785. The van der Waals surface area contributed by atoms with Crippen molar-refractivity contribution < 1.29 is 0 Å². The molecule has 18 heavy (non-hydrogen) atoms. The monoisotopic (exact) mass is 254 g/mol. The van der Waals surface area contributed by atoms with Crippen molar-refractivity contribution in [1.29, 1.82) is 0 Å². The third-order valence-corrected chi connectivity index (χ3v) is 4.29. The molecule has 108 valence electrons. The maximum Gasteiger partial charge on any atom is 0.00953 e. The topological polar surface area (TPSA) is 29.3 Å². The summed E-state index contributed by atoms with van der Waals surface area (Å²) in [6.07, 6.45) is 8.28. The van der Waals surface area contributed by atoms with Gasteiger partial charge in [0, 0.05) is 12.6 Å². The van der Waals surface area contributed by atoms with Crippen LogP contribution in [0.15, 0.2) is 0 Å². The Morgan fingerprint density at radius 3 is 2.33 bits per heavy atom. The van der Waals surface area contributed by atoms with E-state index >= 15 is 0 Å². The summed E-state index contributed by atoms with van der Waals surface area (Å²) < 4.78 is 0. The zero-order valence-electron chi connectivity index (χ0n) is 13.0. The molecule has 0 atom stereocenters. The number of rotatable bonds is 8. The molecule has 1 saturated carbocycles. The Morgan fingerprint density at radius 1 is 1.22 bits per heavy atom. The standard InChI is InChI=1S/C16H34N2/c1-14(2)12-18(15-8-5-6-9-15)11-7-10-16(3,4)13-17/h14-15H,5-13,17H2,1-4H3. The first-order chi connectivity index (χ1) is 8.44. The number of hydrogen-bond donors (Lipinski definition) is 1. The zero-order valence-corrected chi connectivity index (χ0v) is 13.0. The molecule has 0 aromatic carbocycles. The molecule has 0 spiro atoms.